The van der Waals surface area contributed by atoms with E-state index < -0.39 is 0 Å². The number of aliphatic hydroxyl groups is 1. The van der Waals surface area contributed by atoms with Crippen LogP contribution in [0, 0.1) is 6.92 Å². The molecule has 1 N–H and O–H groups in total. The van der Waals surface area contributed by atoms with Gasteiger partial charge in [0.2, 0.25) is 0 Å². The largest absolute Gasteiger partial charge is 0.460 e. The SMILES string of the molecule is CC(=NCCO)c1ccc(C)o1. The summed E-state index contributed by atoms with van der Waals surface area (Å²) in [6.07, 6.45) is 0. The number of furan rings is 1. The van der Waals surface area contributed by atoms with Crippen LogP contribution in [0.5, 0.6) is 0 Å². The Kier molecular flexibility index (Phi) is 3.05. The first-order valence-electron chi connectivity index (χ1n) is 3.92. The highest BCUT2D eigenvalue weighted by Crippen LogP contribution is 2.07. The molecular weight excluding hydrogens is 154 g/mol. The van der Waals surface area contributed by atoms with Crippen LogP contribution in [-0.2, 0) is 0 Å². The Morgan fingerprint density at radius 3 is 2.83 bits per heavy atom. The smallest absolute Gasteiger partial charge is 0.147 e. The Balaban J connectivity index is 2.70. The van der Waals surface area contributed by atoms with Gasteiger partial charge in [-0.1, -0.05) is 0 Å². The lowest BCUT2D eigenvalue weighted by atomic mass is 10.3. The summed E-state index contributed by atoms with van der Waals surface area (Å²) in [5, 5.41) is 8.53. The van der Waals surface area contributed by atoms with Crippen molar-refractivity contribution in [3.8, 4) is 0 Å². The Labute approximate surface area is 71.7 Å². The van der Waals surface area contributed by atoms with Gasteiger partial charge in [-0.15, -0.1) is 0 Å². The summed E-state index contributed by atoms with van der Waals surface area (Å²) in [4.78, 5) is 4.10. The van der Waals surface area contributed by atoms with Crippen molar-refractivity contribution in [1.29, 1.82) is 0 Å². The third-order valence-corrected chi connectivity index (χ3v) is 1.55. The number of nitrogens with zero attached hydrogens (tertiary/aromatic N) is 1. The van der Waals surface area contributed by atoms with Gasteiger partial charge < -0.3 is 9.52 Å². The zero-order valence-corrected chi connectivity index (χ0v) is 7.37. The standard InChI is InChI=1S/C9H13NO2/c1-7-3-4-9(12-7)8(2)10-5-6-11/h3-4,11H,5-6H2,1-2H3. The van der Waals surface area contributed by atoms with Crippen LogP contribution < -0.4 is 0 Å². The van der Waals surface area contributed by atoms with E-state index in [1.54, 1.807) is 0 Å². The van der Waals surface area contributed by atoms with Gasteiger partial charge in [0.25, 0.3) is 0 Å². The summed E-state index contributed by atoms with van der Waals surface area (Å²) in [6, 6.07) is 3.78. The van der Waals surface area contributed by atoms with Gasteiger partial charge in [0.05, 0.1) is 18.9 Å². The second-order valence-corrected chi connectivity index (χ2v) is 2.60. The fourth-order valence-corrected chi connectivity index (χ4v) is 0.925. The minimum atomic E-state index is 0.0804. The number of aliphatic imine (C=N–C) groups is 1. The number of aryl methyl sites for hydroxylation is 1. The van der Waals surface area contributed by atoms with Crippen molar-refractivity contribution in [2.75, 3.05) is 13.2 Å². The van der Waals surface area contributed by atoms with E-state index in [0.717, 1.165) is 17.2 Å². The molecule has 0 aromatic carbocycles. The molecule has 0 aliphatic heterocycles. The lowest BCUT2D eigenvalue weighted by Crippen LogP contribution is -1.96. The van der Waals surface area contributed by atoms with Gasteiger partial charge in [-0.05, 0) is 26.0 Å². The molecule has 0 bridgehead atoms. The molecule has 66 valence electrons. The van der Waals surface area contributed by atoms with E-state index in [9.17, 15) is 0 Å². The van der Waals surface area contributed by atoms with Gasteiger partial charge in [0.1, 0.15) is 11.5 Å². The zero-order valence-electron chi connectivity index (χ0n) is 7.37. The van der Waals surface area contributed by atoms with Gasteiger partial charge in [0.15, 0.2) is 0 Å². The molecule has 0 radical (unpaired) electrons. The molecule has 3 heteroatoms. The van der Waals surface area contributed by atoms with E-state index in [4.69, 9.17) is 9.52 Å². The van der Waals surface area contributed by atoms with Gasteiger partial charge in [-0.25, -0.2) is 0 Å². The van der Waals surface area contributed by atoms with Crippen molar-refractivity contribution in [3.63, 3.8) is 0 Å². The zero-order chi connectivity index (χ0) is 8.97. The van der Waals surface area contributed by atoms with Crippen molar-refractivity contribution >= 4 is 5.71 Å². The Hall–Kier alpha value is -1.09. The van der Waals surface area contributed by atoms with Crippen molar-refractivity contribution in [2.24, 2.45) is 4.99 Å². The fraction of sp³-hybridized carbons (Fsp3) is 0.444. The van der Waals surface area contributed by atoms with Crippen LogP contribution in [0.1, 0.15) is 18.4 Å². The Morgan fingerprint density at radius 1 is 1.58 bits per heavy atom. The lowest BCUT2D eigenvalue weighted by molar-refractivity contribution is 0.307. The first kappa shape index (κ1) is 9.00. The Morgan fingerprint density at radius 2 is 2.33 bits per heavy atom. The summed E-state index contributed by atoms with van der Waals surface area (Å²) in [6.45, 7) is 4.28. The molecular formula is C9H13NO2. The lowest BCUT2D eigenvalue weighted by Gasteiger charge is -1.94. The van der Waals surface area contributed by atoms with Crippen LogP contribution in [0.2, 0.25) is 0 Å². The molecule has 0 spiro atoms. The molecule has 0 fully saturated rings. The predicted molar refractivity (Wildman–Crippen MR) is 47.6 cm³/mol. The average Bonchev–Trinajstić information content (AvgIpc) is 2.47. The van der Waals surface area contributed by atoms with Crippen molar-refractivity contribution in [3.05, 3.63) is 23.7 Å². The molecule has 0 aliphatic carbocycles. The maximum absolute atomic E-state index is 8.53. The molecule has 1 aromatic rings. The van der Waals surface area contributed by atoms with Crippen LogP contribution in [0.4, 0.5) is 0 Å². The maximum atomic E-state index is 8.53. The first-order chi connectivity index (χ1) is 5.74. The molecule has 1 aromatic heterocycles. The van der Waals surface area contributed by atoms with Gasteiger partial charge in [-0.3, -0.25) is 4.99 Å². The molecule has 12 heavy (non-hydrogen) atoms. The highest BCUT2D eigenvalue weighted by atomic mass is 16.3. The summed E-state index contributed by atoms with van der Waals surface area (Å²) in [5.41, 5.74) is 0.831. The first-order valence-corrected chi connectivity index (χ1v) is 3.92. The van der Waals surface area contributed by atoms with Crippen LogP contribution in [0.15, 0.2) is 21.5 Å². The van der Waals surface area contributed by atoms with Gasteiger partial charge >= 0.3 is 0 Å². The van der Waals surface area contributed by atoms with Crippen LogP contribution in [0.25, 0.3) is 0 Å². The monoisotopic (exact) mass is 167 g/mol. The summed E-state index contributed by atoms with van der Waals surface area (Å²) >= 11 is 0. The van der Waals surface area contributed by atoms with Crippen molar-refractivity contribution < 1.29 is 9.52 Å². The van der Waals surface area contributed by atoms with Gasteiger partial charge in [0, 0.05) is 0 Å². The number of hydrogen-bond donors (Lipinski definition) is 1. The molecule has 0 aliphatic rings. The van der Waals surface area contributed by atoms with E-state index in [0.29, 0.717) is 6.54 Å². The van der Waals surface area contributed by atoms with E-state index in [2.05, 4.69) is 4.99 Å². The summed E-state index contributed by atoms with van der Waals surface area (Å²) in [7, 11) is 0. The summed E-state index contributed by atoms with van der Waals surface area (Å²) in [5.74, 6) is 1.66. The second-order valence-electron chi connectivity index (χ2n) is 2.60. The van der Waals surface area contributed by atoms with Gasteiger partial charge in [-0.2, -0.15) is 0 Å². The molecule has 3 nitrogen and oxygen atoms in total. The molecule has 0 unspecified atom stereocenters. The quantitative estimate of drug-likeness (QED) is 0.691. The predicted octanol–water partition coefficient (Wildman–Crippen LogP) is 1.39. The normalized spacial score (nSPS) is 12.1. The highest BCUT2D eigenvalue weighted by molar-refractivity contribution is 5.96. The molecule has 0 saturated carbocycles. The van der Waals surface area contributed by atoms with Crippen molar-refractivity contribution in [1.82, 2.24) is 0 Å². The molecule has 1 heterocycles. The van der Waals surface area contributed by atoms with E-state index in [1.165, 1.54) is 0 Å². The van der Waals surface area contributed by atoms with E-state index >= 15 is 0 Å². The molecule has 0 saturated heterocycles. The Bertz CT molecular complexity index is 276. The molecule has 0 atom stereocenters. The third-order valence-electron chi connectivity index (χ3n) is 1.55. The summed E-state index contributed by atoms with van der Waals surface area (Å²) < 4.78 is 5.33. The van der Waals surface area contributed by atoms with Crippen LogP contribution >= 0.6 is 0 Å². The maximum Gasteiger partial charge on any atom is 0.147 e. The minimum absolute atomic E-state index is 0.0804. The molecule has 0 amide bonds. The number of hydrogen-bond acceptors (Lipinski definition) is 3. The van der Waals surface area contributed by atoms with E-state index in [1.807, 2.05) is 26.0 Å². The van der Waals surface area contributed by atoms with Crippen molar-refractivity contribution in [2.45, 2.75) is 13.8 Å². The average molecular weight is 167 g/mol. The number of aliphatic hydroxyl groups excluding tert-OH is 1. The topological polar surface area (TPSA) is 45.7 Å². The number of rotatable bonds is 3. The van der Waals surface area contributed by atoms with E-state index in [-0.39, 0.29) is 6.61 Å². The minimum Gasteiger partial charge on any atom is -0.460 e. The fourth-order valence-electron chi connectivity index (χ4n) is 0.925. The molecule has 1 rings (SSSR count). The van der Waals surface area contributed by atoms with Crippen LogP contribution in [0.3, 0.4) is 0 Å². The third kappa shape index (κ3) is 2.20. The van der Waals surface area contributed by atoms with Crippen LogP contribution in [-0.4, -0.2) is 24.0 Å². The second kappa shape index (κ2) is 4.07. The highest BCUT2D eigenvalue weighted by Gasteiger charge is 2.00.